The number of amides is 2. The second-order valence-electron chi connectivity index (χ2n) is 10.6. The van der Waals surface area contributed by atoms with Gasteiger partial charge in [-0.2, -0.15) is 5.48 Å². The molecule has 0 spiro atoms. The van der Waals surface area contributed by atoms with E-state index in [1.165, 1.54) is 24.8 Å². The van der Waals surface area contributed by atoms with Crippen molar-refractivity contribution in [3.05, 3.63) is 10.5 Å². The number of hydrogen-bond acceptors (Lipinski definition) is 6. The Bertz CT molecular complexity index is 770. The van der Waals surface area contributed by atoms with Gasteiger partial charge in [0.1, 0.15) is 0 Å². The van der Waals surface area contributed by atoms with Gasteiger partial charge in [0.15, 0.2) is 0 Å². The van der Waals surface area contributed by atoms with Crippen molar-refractivity contribution in [2.75, 3.05) is 20.2 Å². The van der Waals surface area contributed by atoms with Gasteiger partial charge in [0.2, 0.25) is 0 Å². The summed E-state index contributed by atoms with van der Waals surface area (Å²) < 4.78 is 6.11. The molecule has 7 nitrogen and oxygen atoms in total. The standard InChI is InChI=1S/C26H43N3O4S/c1-6-29(7-2)26(31)34-24-23(17-11-9-8-10-12-17)18-14-21(32-5)19(13-20(18)27-25(24)30)22-15(3)28-33-16(22)4/h15-22,28H,6-14H2,1-5H3,(H,27,30). The highest BCUT2D eigenvalue weighted by atomic mass is 32.2. The molecule has 192 valence electrons. The smallest absolute Gasteiger partial charge is 0.286 e. The number of carbonyl (C=O) groups is 2. The van der Waals surface area contributed by atoms with Crippen LogP contribution in [0, 0.1) is 23.7 Å². The summed E-state index contributed by atoms with van der Waals surface area (Å²) in [7, 11) is 1.82. The molecule has 2 aliphatic heterocycles. The van der Waals surface area contributed by atoms with Gasteiger partial charge in [-0.1, -0.05) is 19.3 Å². The molecular formula is C26H43N3O4S. The molecule has 0 aromatic carbocycles. The summed E-state index contributed by atoms with van der Waals surface area (Å²) in [5, 5.41) is 3.32. The minimum atomic E-state index is -0.0520. The molecule has 4 rings (SSSR count). The minimum Gasteiger partial charge on any atom is -0.381 e. The number of nitrogens with one attached hydrogen (secondary N) is 2. The average molecular weight is 494 g/mol. The van der Waals surface area contributed by atoms with E-state index in [1.54, 1.807) is 4.90 Å². The van der Waals surface area contributed by atoms with Crippen LogP contribution in [0.15, 0.2) is 10.5 Å². The number of carbonyl (C=O) groups excluding carboxylic acids is 2. The third-order valence-corrected chi connectivity index (χ3v) is 9.83. The van der Waals surface area contributed by atoms with Crippen molar-refractivity contribution in [2.24, 2.45) is 23.7 Å². The second kappa shape index (κ2) is 11.3. The maximum Gasteiger partial charge on any atom is 0.286 e. The molecule has 7 unspecified atom stereocenters. The van der Waals surface area contributed by atoms with Gasteiger partial charge < -0.3 is 15.0 Å². The van der Waals surface area contributed by atoms with E-state index in [0.717, 1.165) is 37.4 Å². The van der Waals surface area contributed by atoms with Crippen LogP contribution in [-0.4, -0.2) is 60.5 Å². The molecule has 2 saturated carbocycles. The van der Waals surface area contributed by atoms with Crippen LogP contribution in [0.2, 0.25) is 0 Å². The largest absolute Gasteiger partial charge is 0.381 e. The fourth-order valence-electron chi connectivity index (χ4n) is 7.05. The molecule has 2 heterocycles. The predicted octanol–water partition coefficient (Wildman–Crippen LogP) is 4.48. The van der Waals surface area contributed by atoms with E-state index in [0.29, 0.717) is 35.7 Å². The quantitative estimate of drug-likeness (QED) is 0.568. The molecule has 3 fully saturated rings. The maximum absolute atomic E-state index is 13.5. The van der Waals surface area contributed by atoms with Gasteiger partial charge in [0, 0.05) is 44.1 Å². The van der Waals surface area contributed by atoms with Crippen LogP contribution in [0.3, 0.4) is 0 Å². The first kappa shape index (κ1) is 26.0. The van der Waals surface area contributed by atoms with E-state index in [1.807, 2.05) is 21.0 Å². The van der Waals surface area contributed by atoms with Crippen molar-refractivity contribution >= 4 is 22.9 Å². The Kier molecular flexibility index (Phi) is 8.65. The Morgan fingerprint density at radius 2 is 1.85 bits per heavy atom. The molecule has 2 aliphatic carbocycles. The summed E-state index contributed by atoms with van der Waals surface area (Å²) in [5.74, 6) is 1.22. The molecule has 2 N–H and O–H groups in total. The van der Waals surface area contributed by atoms with Gasteiger partial charge in [-0.05, 0) is 82.5 Å². The van der Waals surface area contributed by atoms with Crippen molar-refractivity contribution in [2.45, 2.75) is 96.9 Å². The van der Waals surface area contributed by atoms with Crippen LogP contribution < -0.4 is 10.8 Å². The van der Waals surface area contributed by atoms with Gasteiger partial charge in [-0.3, -0.25) is 14.4 Å². The van der Waals surface area contributed by atoms with Gasteiger partial charge in [0.05, 0.1) is 17.1 Å². The molecule has 2 amide bonds. The number of rotatable bonds is 6. The lowest BCUT2D eigenvalue weighted by molar-refractivity contribution is -0.120. The molecule has 0 bridgehead atoms. The minimum absolute atomic E-state index is 0.0179. The van der Waals surface area contributed by atoms with E-state index in [2.05, 4.69) is 24.6 Å². The lowest BCUT2D eigenvalue weighted by Crippen LogP contribution is -2.56. The fourth-order valence-corrected chi connectivity index (χ4v) is 8.20. The summed E-state index contributed by atoms with van der Waals surface area (Å²) in [6, 6.07) is 0.341. The lowest BCUT2D eigenvalue weighted by atomic mass is 9.63. The normalized spacial score (nSPS) is 36.9. The topological polar surface area (TPSA) is 79.9 Å². The third-order valence-electron chi connectivity index (χ3n) is 8.77. The van der Waals surface area contributed by atoms with Crippen molar-refractivity contribution in [3.63, 3.8) is 0 Å². The molecule has 0 aromatic heterocycles. The van der Waals surface area contributed by atoms with E-state index < -0.39 is 0 Å². The zero-order valence-electron chi connectivity index (χ0n) is 21.5. The van der Waals surface area contributed by atoms with Crippen molar-refractivity contribution in [3.8, 4) is 0 Å². The predicted molar refractivity (Wildman–Crippen MR) is 135 cm³/mol. The summed E-state index contributed by atoms with van der Waals surface area (Å²) in [6.45, 7) is 9.59. The van der Waals surface area contributed by atoms with Crippen LogP contribution in [0.4, 0.5) is 4.79 Å². The van der Waals surface area contributed by atoms with Crippen LogP contribution in [0.5, 0.6) is 0 Å². The number of hydroxylamine groups is 1. The summed E-state index contributed by atoms with van der Waals surface area (Å²) >= 11 is 1.16. The van der Waals surface area contributed by atoms with E-state index in [-0.39, 0.29) is 41.4 Å². The van der Waals surface area contributed by atoms with E-state index >= 15 is 0 Å². The van der Waals surface area contributed by atoms with Crippen molar-refractivity contribution in [1.82, 2.24) is 15.7 Å². The second-order valence-corrected chi connectivity index (χ2v) is 11.5. The van der Waals surface area contributed by atoms with Crippen LogP contribution in [0.25, 0.3) is 0 Å². The molecule has 0 aromatic rings. The zero-order chi connectivity index (χ0) is 24.4. The number of fused-ring (bicyclic) bond motifs is 1. The van der Waals surface area contributed by atoms with Gasteiger partial charge in [-0.25, -0.2) is 0 Å². The molecule has 34 heavy (non-hydrogen) atoms. The number of thioether (sulfide) groups is 1. The lowest BCUT2D eigenvalue weighted by Gasteiger charge is -2.49. The zero-order valence-corrected chi connectivity index (χ0v) is 22.3. The Hall–Kier alpha value is -1.09. The summed E-state index contributed by atoms with van der Waals surface area (Å²) in [6.07, 6.45) is 7.89. The summed E-state index contributed by atoms with van der Waals surface area (Å²) in [4.78, 5) is 34.8. The Labute approximate surface area is 209 Å². The van der Waals surface area contributed by atoms with Crippen LogP contribution >= 0.6 is 11.8 Å². The maximum atomic E-state index is 13.5. The fraction of sp³-hybridized carbons (Fsp3) is 0.846. The first-order valence-electron chi connectivity index (χ1n) is 13.3. The molecule has 0 radical (unpaired) electrons. The van der Waals surface area contributed by atoms with Gasteiger partial charge in [-0.15, -0.1) is 0 Å². The molecule has 8 heteroatoms. The van der Waals surface area contributed by atoms with Gasteiger partial charge >= 0.3 is 0 Å². The monoisotopic (exact) mass is 493 g/mol. The van der Waals surface area contributed by atoms with E-state index in [9.17, 15) is 9.59 Å². The number of nitrogens with zero attached hydrogens (tertiary/aromatic N) is 1. The number of ether oxygens (including phenoxy) is 1. The molecule has 1 saturated heterocycles. The highest BCUT2D eigenvalue weighted by molar-refractivity contribution is 8.17. The summed E-state index contributed by atoms with van der Waals surface area (Å²) in [5.41, 5.74) is 4.41. The van der Waals surface area contributed by atoms with Crippen molar-refractivity contribution < 1.29 is 19.2 Å². The highest BCUT2D eigenvalue weighted by Gasteiger charge is 2.51. The van der Waals surface area contributed by atoms with Crippen molar-refractivity contribution in [1.29, 1.82) is 0 Å². The number of methoxy groups -OCH3 is 1. The first-order valence-corrected chi connectivity index (χ1v) is 14.2. The SMILES string of the molecule is CCN(CC)C(=O)SC1=C(C2CCCCC2)C2CC(OC)C(C3C(C)NOC3C)CC2NC1=O. The molecule has 4 aliphatic rings. The average Bonchev–Trinajstić information content (AvgIpc) is 3.17. The Balaban J connectivity index is 1.66. The van der Waals surface area contributed by atoms with Gasteiger partial charge in [0.25, 0.3) is 11.1 Å². The van der Waals surface area contributed by atoms with E-state index in [4.69, 9.17) is 9.57 Å². The third kappa shape index (κ3) is 5.06. The molecular weight excluding hydrogens is 450 g/mol. The van der Waals surface area contributed by atoms with Crippen LogP contribution in [0.1, 0.15) is 72.6 Å². The molecule has 7 atom stereocenters. The highest BCUT2D eigenvalue weighted by Crippen LogP contribution is 2.49. The van der Waals surface area contributed by atoms with Crippen LogP contribution in [-0.2, 0) is 14.4 Å². The Morgan fingerprint density at radius 1 is 1.15 bits per heavy atom. The number of hydrogen-bond donors (Lipinski definition) is 2. The first-order chi connectivity index (χ1) is 16.4. The Morgan fingerprint density at radius 3 is 2.44 bits per heavy atom.